The number of allylic oxidation sites excluding steroid dienone is 4. The van der Waals surface area contributed by atoms with Gasteiger partial charge in [0.25, 0.3) is 0 Å². The Morgan fingerprint density at radius 3 is 2.44 bits per heavy atom. The summed E-state index contributed by atoms with van der Waals surface area (Å²) >= 11 is 0. The highest BCUT2D eigenvalue weighted by molar-refractivity contribution is 5.96. The molecule has 0 aliphatic heterocycles. The summed E-state index contributed by atoms with van der Waals surface area (Å²) in [6.07, 6.45) is 4.92. The van der Waals surface area contributed by atoms with Gasteiger partial charge < -0.3 is 0 Å². The molecule has 0 saturated carbocycles. The van der Waals surface area contributed by atoms with Crippen molar-refractivity contribution in [2.75, 3.05) is 0 Å². The molecule has 82 valence electrons. The minimum atomic E-state index is 0.226. The van der Waals surface area contributed by atoms with Crippen LogP contribution in [0.4, 0.5) is 0 Å². The van der Waals surface area contributed by atoms with E-state index >= 15 is 0 Å². The summed E-state index contributed by atoms with van der Waals surface area (Å²) in [6, 6.07) is 9.51. The Balaban J connectivity index is 2.07. The molecule has 1 aliphatic carbocycles. The predicted octanol–water partition coefficient (Wildman–Crippen LogP) is 3.78. The van der Waals surface area contributed by atoms with E-state index in [2.05, 4.69) is 26.0 Å². The fourth-order valence-electron chi connectivity index (χ4n) is 2.12. The third-order valence-electron chi connectivity index (χ3n) is 3.01. The van der Waals surface area contributed by atoms with E-state index in [9.17, 15) is 4.79 Å². The van der Waals surface area contributed by atoms with Crippen molar-refractivity contribution >= 4 is 5.78 Å². The largest absolute Gasteiger partial charge is 0.294 e. The van der Waals surface area contributed by atoms with Crippen LogP contribution in [0.15, 0.2) is 53.6 Å². The van der Waals surface area contributed by atoms with Crippen LogP contribution in [-0.4, -0.2) is 5.78 Å². The smallest absolute Gasteiger partial charge is 0.163 e. The zero-order valence-corrected chi connectivity index (χ0v) is 9.73. The molecule has 0 spiro atoms. The van der Waals surface area contributed by atoms with Crippen LogP contribution in [0.5, 0.6) is 0 Å². The van der Waals surface area contributed by atoms with Gasteiger partial charge in [-0.25, -0.2) is 0 Å². The van der Waals surface area contributed by atoms with E-state index in [1.807, 2.05) is 30.3 Å². The fourth-order valence-corrected chi connectivity index (χ4v) is 2.12. The lowest BCUT2D eigenvalue weighted by Gasteiger charge is -2.08. The first-order valence-corrected chi connectivity index (χ1v) is 5.61. The lowest BCUT2D eigenvalue weighted by molar-refractivity contribution is 0.0974. The second kappa shape index (κ2) is 4.48. The SMILES string of the molecule is CC1=CC(CC(=O)c2ccccc2)C(C)=C1. The molecule has 0 aromatic heterocycles. The average Bonchev–Trinajstić information content (AvgIpc) is 2.59. The first-order chi connectivity index (χ1) is 7.66. The number of Topliss-reactive ketones (excluding diaryl/α,β-unsaturated/α-hetero) is 1. The highest BCUT2D eigenvalue weighted by Crippen LogP contribution is 2.27. The molecule has 1 aromatic rings. The van der Waals surface area contributed by atoms with E-state index < -0.39 is 0 Å². The monoisotopic (exact) mass is 212 g/mol. The second-order valence-corrected chi connectivity index (χ2v) is 4.40. The molecule has 1 unspecified atom stereocenters. The van der Waals surface area contributed by atoms with Crippen LogP contribution in [0.25, 0.3) is 0 Å². The molecule has 1 nitrogen and oxygen atoms in total. The minimum absolute atomic E-state index is 0.226. The lowest BCUT2D eigenvalue weighted by atomic mass is 9.95. The molecular formula is C15H16O. The van der Waals surface area contributed by atoms with Crippen LogP contribution >= 0.6 is 0 Å². The van der Waals surface area contributed by atoms with Crippen LogP contribution in [0.1, 0.15) is 30.6 Å². The van der Waals surface area contributed by atoms with Crippen molar-refractivity contribution in [2.24, 2.45) is 5.92 Å². The molecule has 0 saturated heterocycles. The third-order valence-corrected chi connectivity index (χ3v) is 3.01. The number of benzene rings is 1. The van der Waals surface area contributed by atoms with Crippen molar-refractivity contribution in [3.05, 3.63) is 59.2 Å². The molecule has 0 amide bonds. The van der Waals surface area contributed by atoms with E-state index in [0.717, 1.165) is 5.56 Å². The van der Waals surface area contributed by atoms with Gasteiger partial charge in [-0.05, 0) is 13.8 Å². The van der Waals surface area contributed by atoms with Gasteiger partial charge in [-0.1, -0.05) is 53.6 Å². The van der Waals surface area contributed by atoms with Crippen LogP contribution in [-0.2, 0) is 0 Å². The van der Waals surface area contributed by atoms with E-state index in [1.165, 1.54) is 11.1 Å². The molecule has 1 aromatic carbocycles. The molecule has 0 radical (unpaired) electrons. The van der Waals surface area contributed by atoms with Crippen LogP contribution in [0.3, 0.4) is 0 Å². The summed E-state index contributed by atoms with van der Waals surface area (Å²) in [4.78, 5) is 12.0. The predicted molar refractivity (Wildman–Crippen MR) is 66.4 cm³/mol. The molecule has 0 bridgehead atoms. The van der Waals surface area contributed by atoms with Gasteiger partial charge in [0.2, 0.25) is 0 Å². The molecule has 1 aliphatic rings. The van der Waals surface area contributed by atoms with E-state index in [1.54, 1.807) is 0 Å². The first kappa shape index (κ1) is 10.9. The number of rotatable bonds is 3. The number of hydrogen-bond acceptors (Lipinski definition) is 1. The van der Waals surface area contributed by atoms with Crippen molar-refractivity contribution in [3.8, 4) is 0 Å². The van der Waals surface area contributed by atoms with E-state index in [4.69, 9.17) is 0 Å². The maximum atomic E-state index is 12.0. The Labute approximate surface area is 96.5 Å². The first-order valence-electron chi connectivity index (χ1n) is 5.61. The van der Waals surface area contributed by atoms with Gasteiger partial charge in [-0.3, -0.25) is 4.79 Å². The van der Waals surface area contributed by atoms with Crippen molar-refractivity contribution < 1.29 is 4.79 Å². The fraction of sp³-hybridized carbons (Fsp3) is 0.267. The van der Waals surface area contributed by atoms with Crippen molar-refractivity contribution in [2.45, 2.75) is 20.3 Å². The van der Waals surface area contributed by atoms with Crippen molar-refractivity contribution in [1.29, 1.82) is 0 Å². The molecule has 16 heavy (non-hydrogen) atoms. The zero-order valence-electron chi connectivity index (χ0n) is 9.73. The topological polar surface area (TPSA) is 17.1 Å². The molecular weight excluding hydrogens is 196 g/mol. The van der Waals surface area contributed by atoms with Gasteiger partial charge in [-0.15, -0.1) is 0 Å². The maximum absolute atomic E-state index is 12.0. The molecule has 1 heteroatoms. The van der Waals surface area contributed by atoms with Gasteiger partial charge in [0.15, 0.2) is 5.78 Å². The lowest BCUT2D eigenvalue weighted by Crippen LogP contribution is -2.06. The number of hydrogen-bond donors (Lipinski definition) is 0. The number of ketones is 1. The standard InChI is InChI=1S/C15H16O/c1-11-8-12(2)14(9-11)10-15(16)13-6-4-3-5-7-13/h3-9,14H,10H2,1-2H3. The van der Waals surface area contributed by atoms with Gasteiger partial charge >= 0.3 is 0 Å². The Morgan fingerprint density at radius 2 is 1.88 bits per heavy atom. The van der Waals surface area contributed by atoms with Crippen LogP contribution in [0, 0.1) is 5.92 Å². The van der Waals surface area contributed by atoms with Crippen molar-refractivity contribution in [3.63, 3.8) is 0 Å². The summed E-state index contributed by atoms with van der Waals surface area (Å²) < 4.78 is 0. The molecule has 2 rings (SSSR count). The zero-order chi connectivity index (χ0) is 11.5. The molecule has 1 atom stereocenters. The van der Waals surface area contributed by atoms with Gasteiger partial charge in [-0.2, -0.15) is 0 Å². The highest BCUT2D eigenvalue weighted by atomic mass is 16.1. The number of carbonyl (C=O) groups is 1. The molecule has 0 heterocycles. The number of carbonyl (C=O) groups excluding carboxylic acids is 1. The summed E-state index contributed by atoms with van der Waals surface area (Å²) in [5.74, 6) is 0.525. The average molecular weight is 212 g/mol. The van der Waals surface area contributed by atoms with E-state index in [0.29, 0.717) is 12.3 Å². The van der Waals surface area contributed by atoms with Gasteiger partial charge in [0.05, 0.1) is 0 Å². The Hall–Kier alpha value is -1.63. The van der Waals surface area contributed by atoms with Gasteiger partial charge in [0.1, 0.15) is 0 Å². The Morgan fingerprint density at radius 1 is 1.19 bits per heavy atom. The van der Waals surface area contributed by atoms with Gasteiger partial charge in [0, 0.05) is 17.9 Å². The highest BCUT2D eigenvalue weighted by Gasteiger charge is 2.18. The maximum Gasteiger partial charge on any atom is 0.163 e. The van der Waals surface area contributed by atoms with Crippen LogP contribution < -0.4 is 0 Å². The van der Waals surface area contributed by atoms with E-state index in [-0.39, 0.29) is 5.78 Å². The van der Waals surface area contributed by atoms with Crippen molar-refractivity contribution in [1.82, 2.24) is 0 Å². The molecule has 0 N–H and O–H groups in total. The summed E-state index contributed by atoms with van der Waals surface area (Å²) in [7, 11) is 0. The Kier molecular flexibility index (Phi) is 3.04. The Bertz CT molecular complexity index is 452. The summed E-state index contributed by atoms with van der Waals surface area (Å²) in [5, 5.41) is 0. The summed E-state index contributed by atoms with van der Waals surface area (Å²) in [5.41, 5.74) is 3.37. The van der Waals surface area contributed by atoms with Crippen LogP contribution in [0.2, 0.25) is 0 Å². The summed E-state index contributed by atoms with van der Waals surface area (Å²) in [6.45, 7) is 4.17. The second-order valence-electron chi connectivity index (χ2n) is 4.40. The third kappa shape index (κ3) is 2.30. The quantitative estimate of drug-likeness (QED) is 0.697. The normalized spacial score (nSPS) is 19.2. The minimum Gasteiger partial charge on any atom is -0.294 e. The molecule has 0 fully saturated rings.